The molecule has 1 atom stereocenters. The van der Waals surface area contributed by atoms with Crippen LogP contribution in [0.15, 0.2) is 48.5 Å². The molecule has 1 fully saturated rings. The van der Waals surface area contributed by atoms with Crippen molar-refractivity contribution in [3.8, 4) is 5.75 Å². The summed E-state index contributed by atoms with van der Waals surface area (Å²) in [4.78, 5) is 36.9. The first-order chi connectivity index (χ1) is 13.1. The summed E-state index contributed by atoms with van der Waals surface area (Å²) < 4.78 is 5.75. The van der Waals surface area contributed by atoms with Gasteiger partial charge in [0, 0.05) is 12.1 Å². The van der Waals surface area contributed by atoms with Crippen molar-refractivity contribution in [1.29, 1.82) is 0 Å². The molecule has 1 saturated heterocycles. The van der Waals surface area contributed by atoms with Crippen molar-refractivity contribution < 1.29 is 19.1 Å². The second-order valence-electron chi connectivity index (χ2n) is 6.46. The predicted octanol–water partition coefficient (Wildman–Crippen LogP) is 2.62. The van der Waals surface area contributed by atoms with E-state index < -0.39 is 0 Å². The zero-order valence-electron chi connectivity index (χ0n) is 14.5. The number of ether oxygens (including phenoxy) is 1. The first kappa shape index (κ1) is 17.6. The summed E-state index contributed by atoms with van der Waals surface area (Å²) in [6.45, 7) is 1.56. The van der Waals surface area contributed by atoms with Gasteiger partial charge in [0.25, 0.3) is 11.1 Å². The number of nitrogens with one attached hydrogen (secondary N) is 1. The minimum absolute atomic E-state index is 0.0476. The van der Waals surface area contributed by atoms with Crippen LogP contribution in [0.1, 0.15) is 21.5 Å². The van der Waals surface area contributed by atoms with E-state index in [1.54, 1.807) is 4.90 Å². The van der Waals surface area contributed by atoms with Gasteiger partial charge in [0.05, 0.1) is 11.8 Å². The number of amides is 3. The topological polar surface area (TPSA) is 75.7 Å². The van der Waals surface area contributed by atoms with Crippen LogP contribution in [0.5, 0.6) is 5.75 Å². The number of imide groups is 1. The van der Waals surface area contributed by atoms with E-state index in [0.29, 0.717) is 31.9 Å². The second kappa shape index (κ2) is 7.44. The highest BCUT2D eigenvalue weighted by atomic mass is 32.2. The first-order valence-electron chi connectivity index (χ1n) is 8.70. The molecule has 6 nitrogen and oxygen atoms in total. The van der Waals surface area contributed by atoms with Gasteiger partial charge >= 0.3 is 0 Å². The Morgan fingerprint density at radius 2 is 1.85 bits per heavy atom. The van der Waals surface area contributed by atoms with Crippen LogP contribution in [0.3, 0.4) is 0 Å². The largest absolute Gasteiger partial charge is 0.492 e. The Labute approximate surface area is 160 Å². The van der Waals surface area contributed by atoms with Crippen LogP contribution in [-0.4, -0.2) is 40.4 Å². The van der Waals surface area contributed by atoms with Crippen molar-refractivity contribution in [2.45, 2.75) is 18.2 Å². The molecule has 4 rings (SSSR count). The van der Waals surface area contributed by atoms with E-state index in [-0.39, 0.29) is 22.3 Å². The van der Waals surface area contributed by atoms with Gasteiger partial charge in [0.15, 0.2) is 0 Å². The van der Waals surface area contributed by atoms with Gasteiger partial charge in [-0.15, -0.1) is 0 Å². The number of fused-ring (bicyclic) bond motifs is 1. The lowest BCUT2D eigenvalue weighted by Crippen LogP contribution is -2.28. The molecule has 0 saturated carbocycles. The molecule has 2 aromatic rings. The van der Waals surface area contributed by atoms with Gasteiger partial charge in [0.1, 0.15) is 12.4 Å². The normalized spacial score (nSPS) is 18.6. The predicted molar refractivity (Wildman–Crippen MR) is 102 cm³/mol. The fraction of sp³-hybridized carbons (Fsp3) is 0.250. The van der Waals surface area contributed by atoms with Crippen LogP contribution >= 0.6 is 11.8 Å². The van der Waals surface area contributed by atoms with Crippen LogP contribution in [0, 0.1) is 0 Å². The Bertz CT molecular complexity index is 897. The van der Waals surface area contributed by atoms with E-state index in [0.717, 1.165) is 28.5 Å². The van der Waals surface area contributed by atoms with Crippen LogP contribution in [0.2, 0.25) is 0 Å². The molecule has 2 aliphatic heterocycles. The highest BCUT2D eigenvalue weighted by Crippen LogP contribution is 2.24. The molecule has 0 spiro atoms. The number of nitrogens with zero attached hydrogens (tertiary/aromatic N) is 1. The van der Waals surface area contributed by atoms with Gasteiger partial charge in [-0.2, -0.15) is 0 Å². The molecule has 2 aromatic carbocycles. The Morgan fingerprint density at radius 1 is 1.07 bits per heavy atom. The monoisotopic (exact) mass is 382 g/mol. The summed E-state index contributed by atoms with van der Waals surface area (Å²) in [5.74, 6) is 0.524. The van der Waals surface area contributed by atoms with Crippen molar-refractivity contribution in [2.75, 3.05) is 13.2 Å². The lowest BCUT2D eigenvalue weighted by molar-refractivity contribution is -0.118. The lowest BCUT2D eigenvalue weighted by Gasteiger charge is -2.16. The highest BCUT2D eigenvalue weighted by Gasteiger charge is 2.31. The maximum Gasteiger partial charge on any atom is 0.286 e. The third kappa shape index (κ3) is 3.83. The molecule has 1 N–H and O–H groups in total. The lowest BCUT2D eigenvalue weighted by atomic mass is 10.1. The Hall–Kier alpha value is -2.80. The smallest absolute Gasteiger partial charge is 0.286 e. The van der Waals surface area contributed by atoms with Crippen molar-refractivity contribution in [1.82, 2.24) is 10.2 Å². The highest BCUT2D eigenvalue weighted by molar-refractivity contribution is 8.15. The van der Waals surface area contributed by atoms with Crippen molar-refractivity contribution in [3.63, 3.8) is 0 Å². The van der Waals surface area contributed by atoms with E-state index >= 15 is 0 Å². The Balaban J connectivity index is 1.27. The van der Waals surface area contributed by atoms with E-state index in [1.807, 2.05) is 48.5 Å². The number of thioether (sulfide) groups is 1. The quantitative estimate of drug-likeness (QED) is 0.831. The SMILES string of the molecule is O=C1NC(=O)C(Cc2ccc(OCCN3Cc4ccccc4C3=O)cc2)S1. The molecular weight excluding hydrogens is 364 g/mol. The van der Waals surface area contributed by atoms with Gasteiger partial charge in [-0.1, -0.05) is 42.1 Å². The van der Waals surface area contributed by atoms with Crippen LogP contribution in [0.25, 0.3) is 0 Å². The third-order valence-corrected chi connectivity index (χ3v) is 5.62. The van der Waals surface area contributed by atoms with Gasteiger partial charge in [-0.3, -0.25) is 19.7 Å². The van der Waals surface area contributed by atoms with Crippen molar-refractivity contribution in [3.05, 3.63) is 65.2 Å². The van der Waals surface area contributed by atoms with Gasteiger partial charge in [-0.25, -0.2) is 0 Å². The van der Waals surface area contributed by atoms with Crippen molar-refractivity contribution >= 4 is 28.8 Å². The summed E-state index contributed by atoms with van der Waals surface area (Å²) in [5.41, 5.74) is 2.79. The average Bonchev–Trinajstić information content (AvgIpc) is 3.15. The zero-order valence-corrected chi connectivity index (χ0v) is 15.3. The minimum atomic E-state index is -0.368. The number of carbonyl (C=O) groups is 3. The molecule has 27 heavy (non-hydrogen) atoms. The summed E-state index contributed by atoms with van der Waals surface area (Å²) in [6, 6.07) is 15.1. The Morgan fingerprint density at radius 3 is 2.56 bits per heavy atom. The van der Waals surface area contributed by atoms with E-state index in [4.69, 9.17) is 4.74 Å². The fourth-order valence-electron chi connectivity index (χ4n) is 3.23. The third-order valence-electron chi connectivity index (χ3n) is 4.64. The maximum absolute atomic E-state index is 12.3. The fourth-order valence-corrected chi connectivity index (χ4v) is 4.09. The standard InChI is InChI=1S/C20H18N2O4S/c23-18-17(27-20(25)21-18)11-13-5-7-15(8-6-13)26-10-9-22-12-14-3-1-2-4-16(14)19(22)24/h1-8,17H,9-12H2,(H,21,23,25). The summed E-state index contributed by atoms with van der Waals surface area (Å²) in [7, 11) is 0. The van der Waals surface area contributed by atoms with E-state index in [1.165, 1.54) is 0 Å². The van der Waals surface area contributed by atoms with Crippen LogP contribution in [0.4, 0.5) is 4.79 Å². The number of rotatable bonds is 6. The second-order valence-corrected chi connectivity index (χ2v) is 7.64. The van der Waals surface area contributed by atoms with Gasteiger partial charge in [0.2, 0.25) is 5.91 Å². The van der Waals surface area contributed by atoms with E-state index in [2.05, 4.69) is 5.32 Å². The number of carbonyl (C=O) groups excluding carboxylic acids is 3. The molecular formula is C20H18N2O4S. The number of hydrogen-bond acceptors (Lipinski definition) is 5. The molecule has 1 unspecified atom stereocenters. The summed E-state index contributed by atoms with van der Waals surface area (Å²) in [6.07, 6.45) is 0.503. The molecule has 0 bridgehead atoms. The van der Waals surface area contributed by atoms with E-state index in [9.17, 15) is 14.4 Å². The Kier molecular flexibility index (Phi) is 4.85. The molecule has 138 valence electrons. The summed E-state index contributed by atoms with van der Waals surface area (Å²) in [5, 5.41) is 1.63. The molecule has 0 radical (unpaired) electrons. The summed E-state index contributed by atoms with van der Waals surface area (Å²) >= 11 is 1.03. The molecule has 2 aliphatic rings. The molecule has 2 heterocycles. The van der Waals surface area contributed by atoms with Crippen molar-refractivity contribution in [2.24, 2.45) is 0 Å². The first-order valence-corrected chi connectivity index (χ1v) is 9.58. The number of hydrogen-bond donors (Lipinski definition) is 1. The maximum atomic E-state index is 12.3. The average molecular weight is 382 g/mol. The number of benzene rings is 2. The molecule has 0 aliphatic carbocycles. The zero-order chi connectivity index (χ0) is 18.8. The van der Waals surface area contributed by atoms with Gasteiger partial charge in [-0.05, 0) is 35.7 Å². The van der Waals surface area contributed by atoms with Gasteiger partial charge < -0.3 is 9.64 Å². The minimum Gasteiger partial charge on any atom is -0.492 e. The molecule has 3 amide bonds. The van der Waals surface area contributed by atoms with Crippen LogP contribution in [-0.2, 0) is 17.8 Å². The molecule has 7 heteroatoms. The van der Waals surface area contributed by atoms with Crippen LogP contribution < -0.4 is 10.1 Å². The molecule has 0 aromatic heterocycles.